The van der Waals surface area contributed by atoms with Gasteiger partial charge < -0.3 is 4.74 Å². The topological polar surface area (TPSA) is 26.3 Å². The average Bonchev–Trinajstić information content (AvgIpc) is 2.91. The van der Waals surface area contributed by atoms with E-state index in [1.807, 2.05) is 35.0 Å². The summed E-state index contributed by atoms with van der Waals surface area (Å²) in [5.74, 6) is 0.153. The van der Waals surface area contributed by atoms with Crippen LogP contribution in [0.15, 0.2) is 41.1 Å². The second-order valence-corrected chi connectivity index (χ2v) is 5.25. The van der Waals surface area contributed by atoms with E-state index in [2.05, 4.69) is 6.07 Å². The van der Waals surface area contributed by atoms with Crippen LogP contribution in [0, 0.1) is 0 Å². The third-order valence-corrected chi connectivity index (χ3v) is 3.98. The fourth-order valence-electron chi connectivity index (χ4n) is 2.35. The van der Waals surface area contributed by atoms with E-state index in [0.29, 0.717) is 13.0 Å². The molecule has 0 bridgehead atoms. The Bertz CT molecular complexity index is 545. The Morgan fingerprint density at radius 3 is 3.06 bits per heavy atom. The van der Waals surface area contributed by atoms with Crippen LogP contribution in [0.25, 0.3) is 0 Å². The molecular formula is C15H14O2S. The minimum atomic E-state index is -0.380. The molecule has 1 aliphatic heterocycles. The molecule has 0 radical (unpaired) electrons. The van der Waals surface area contributed by atoms with Crippen LogP contribution < -0.4 is 0 Å². The standard InChI is InChI=1S/C15H14O2S/c16-14(9-11-6-8-18-10-11)15-13-4-2-1-3-12(13)5-7-17-15/h1-4,6,8,10,15H,5,7,9H2. The van der Waals surface area contributed by atoms with Crippen molar-refractivity contribution in [1.82, 2.24) is 0 Å². The number of hydrogen-bond acceptors (Lipinski definition) is 3. The van der Waals surface area contributed by atoms with Gasteiger partial charge in [-0.15, -0.1) is 0 Å². The van der Waals surface area contributed by atoms with Gasteiger partial charge in [-0.05, 0) is 39.9 Å². The maximum Gasteiger partial charge on any atom is 0.170 e. The van der Waals surface area contributed by atoms with Crippen LogP contribution in [0.2, 0.25) is 0 Å². The molecule has 1 atom stereocenters. The number of rotatable bonds is 3. The van der Waals surface area contributed by atoms with Crippen molar-refractivity contribution in [1.29, 1.82) is 0 Å². The molecule has 3 heteroatoms. The molecule has 1 aromatic carbocycles. The quantitative estimate of drug-likeness (QED) is 0.845. The third kappa shape index (κ3) is 2.24. The molecule has 0 N–H and O–H groups in total. The molecule has 1 aromatic heterocycles. The molecule has 0 saturated heterocycles. The molecule has 0 aliphatic carbocycles. The number of benzene rings is 1. The van der Waals surface area contributed by atoms with Gasteiger partial charge in [0, 0.05) is 6.42 Å². The Labute approximate surface area is 110 Å². The molecule has 0 spiro atoms. The fraction of sp³-hybridized carbons (Fsp3) is 0.267. The van der Waals surface area contributed by atoms with Crippen molar-refractivity contribution in [3.8, 4) is 0 Å². The van der Waals surface area contributed by atoms with Gasteiger partial charge in [-0.2, -0.15) is 11.3 Å². The van der Waals surface area contributed by atoms with Gasteiger partial charge in [-0.25, -0.2) is 0 Å². The number of carbonyl (C=O) groups is 1. The summed E-state index contributed by atoms with van der Waals surface area (Å²) >= 11 is 1.62. The number of fused-ring (bicyclic) bond motifs is 1. The Kier molecular flexibility index (Phi) is 3.26. The zero-order valence-corrected chi connectivity index (χ0v) is 10.8. The average molecular weight is 258 g/mol. The molecule has 0 saturated carbocycles. The minimum Gasteiger partial charge on any atom is -0.365 e. The SMILES string of the molecule is O=C(Cc1ccsc1)C1OCCc2ccccc21. The van der Waals surface area contributed by atoms with Gasteiger partial charge in [0.15, 0.2) is 5.78 Å². The monoisotopic (exact) mass is 258 g/mol. The lowest BCUT2D eigenvalue weighted by Gasteiger charge is -2.24. The van der Waals surface area contributed by atoms with Crippen molar-refractivity contribution >= 4 is 17.1 Å². The Morgan fingerprint density at radius 1 is 1.33 bits per heavy atom. The molecule has 1 unspecified atom stereocenters. The summed E-state index contributed by atoms with van der Waals surface area (Å²) in [4.78, 5) is 12.3. The number of carbonyl (C=O) groups excluding carboxylic acids is 1. The van der Waals surface area contributed by atoms with Crippen molar-refractivity contribution in [2.45, 2.75) is 18.9 Å². The Balaban J connectivity index is 1.83. The van der Waals surface area contributed by atoms with Crippen LogP contribution in [-0.2, 0) is 22.4 Å². The first-order valence-corrected chi connectivity index (χ1v) is 7.02. The van der Waals surface area contributed by atoms with E-state index in [1.54, 1.807) is 11.3 Å². The number of ketones is 1. The maximum absolute atomic E-state index is 12.3. The van der Waals surface area contributed by atoms with E-state index < -0.39 is 0 Å². The van der Waals surface area contributed by atoms with Crippen molar-refractivity contribution in [2.24, 2.45) is 0 Å². The predicted octanol–water partition coefficient (Wildman–Crippen LogP) is 3.17. The van der Waals surface area contributed by atoms with Crippen LogP contribution in [0.5, 0.6) is 0 Å². The normalized spacial score (nSPS) is 18.3. The highest BCUT2D eigenvalue weighted by atomic mass is 32.1. The highest BCUT2D eigenvalue weighted by Crippen LogP contribution is 2.28. The molecule has 0 fully saturated rings. The van der Waals surface area contributed by atoms with Gasteiger partial charge in [0.25, 0.3) is 0 Å². The predicted molar refractivity (Wildman–Crippen MR) is 71.9 cm³/mol. The Hall–Kier alpha value is -1.45. The first-order valence-electron chi connectivity index (χ1n) is 6.08. The smallest absolute Gasteiger partial charge is 0.170 e. The van der Waals surface area contributed by atoms with Crippen molar-refractivity contribution in [3.05, 3.63) is 57.8 Å². The van der Waals surface area contributed by atoms with Gasteiger partial charge in [-0.3, -0.25) is 4.79 Å². The van der Waals surface area contributed by atoms with Crippen LogP contribution in [0.1, 0.15) is 22.8 Å². The van der Waals surface area contributed by atoms with Crippen LogP contribution in [-0.4, -0.2) is 12.4 Å². The highest BCUT2D eigenvalue weighted by molar-refractivity contribution is 7.08. The first-order chi connectivity index (χ1) is 8.84. The highest BCUT2D eigenvalue weighted by Gasteiger charge is 2.26. The van der Waals surface area contributed by atoms with E-state index in [4.69, 9.17) is 4.74 Å². The number of Topliss-reactive ketones (excluding diaryl/α,β-unsaturated/α-hetero) is 1. The van der Waals surface area contributed by atoms with E-state index >= 15 is 0 Å². The van der Waals surface area contributed by atoms with Crippen LogP contribution in [0.4, 0.5) is 0 Å². The first kappa shape index (κ1) is 11.6. The van der Waals surface area contributed by atoms with E-state index in [1.165, 1.54) is 5.56 Å². The second-order valence-electron chi connectivity index (χ2n) is 4.47. The van der Waals surface area contributed by atoms with Crippen LogP contribution >= 0.6 is 11.3 Å². The molecule has 2 nitrogen and oxygen atoms in total. The van der Waals surface area contributed by atoms with Gasteiger partial charge in [0.2, 0.25) is 0 Å². The lowest BCUT2D eigenvalue weighted by molar-refractivity contribution is -0.131. The molecule has 3 rings (SSSR count). The minimum absolute atomic E-state index is 0.153. The third-order valence-electron chi connectivity index (χ3n) is 3.24. The Morgan fingerprint density at radius 2 is 2.22 bits per heavy atom. The van der Waals surface area contributed by atoms with E-state index in [9.17, 15) is 4.79 Å². The zero-order chi connectivity index (χ0) is 12.4. The lowest BCUT2D eigenvalue weighted by atomic mass is 9.93. The summed E-state index contributed by atoms with van der Waals surface area (Å²) in [6.45, 7) is 0.636. The number of thiophene rings is 1. The number of hydrogen-bond donors (Lipinski definition) is 0. The van der Waals surface area contributed by atoms with Gasteiger partial charge >= 0.3 is 0 Å². The largest absolute Gasteiger partial charge is 0.365 e. The van der Waals surface area contributed by atoms with Gasteiger partial charge in [0.05, 0.1) is 6.61 Å². The zero-order valence-electron chi connectivity index (χ0n) is 9.96. The summed E-state index contributed by atoms with van der Waals surface area (Å²) < 4.78 is 5.67. The lowest BCUT2D eigenvalue weighted by Crippen LogP contribution is -2.24. The molecule has 1 aliphatic rings. The second kappa shape index (κ2) is 5.04. The molecule has 18 heavy (non-hydrogen) atoms. The van der Waals surface area contributed by atoms with Crippen LogP contribution in [0.3, 0.4) is 0 Å². The fourth-order valence-corrected chi connectivity index (χ4v) is 3.02. The molecule has 2 heterocycles. The summed E-state index contributed by atoms with van der Waals surface area (Å²) in [6, 6.07) is 10.1. The summed E-state index contributed by atoms with van der Waals surface area (Å²) in [7, 11) is 0. The number of ether oxygens (including phenoxy) is 1. The van der Waals surface area contributed by atoms with E-state index in [-0.39, 0.29) is 11.9 Å². The van der Waals surface area contributed by atoms with Gasteiger partial charge in [0.1, 0.15) is 6.10 Å². The molecule has 2 aromatic rings. The molecular weight excluding hydrogens is 244 g/mol. The van der Waals surface area contributed by atoms with E-state index in [0.717, 1.165) is 17.5 Å². The summed E-state index contributed by atoms with van der Waals surface area (Å²) in [5.41, 5.74) is 3.37. The van der Waals surface area contributed by atoms with Crippen molar-refractivity contribution in [2.75, 3.05) is 6.61 Å². The maximum atomic E-state index is 12.3. The van der Waals surface area contributed by atoms with Gasteiger partial charge in [-0.1, -0.05) is 24.3 Å². The summed E-state index contributed by atoms with van der Waals surface area (Å²) in [6.07, 6.45) is 0.982. The summed E-state index contributed by atoms with van der Waals surface area (Å²) in [5, 5.41) is 4.02. The van der Waals surface area contributed by atoms with Crippen molar-refractivity contribution in [3.63, 3.8) is 0 Å². The molecule has 0 amide bonds. The molecule has 92 valence electrons. The van der Waals surface area contributed by atoms with Crippen molar-refractivity contribution < 1.29 is 9.53 Å².